The van der Waals surface area contributed by atoms with Crippen LogP contribution in [0.4, 0.5) is 0 Å². The van der Waals surface area contributed by atoms with E-state index in [1.807, 2.05) is 25.1 Å². The molecule has 0 aliphatic carbocycles. The van der Waals surface area contributed by atoms with E-state index in [9.17, 15) is 5.11 Å². The van der Waals surface area contributed by atoms with E-state index < -0.39 is 11.7 Å². The van der Waals surface area contributed by atoms with Crippen LogP contribution in [0.15, 0.2) is 28.7 Å². The van der Waals surface area contributed by atoms with E-state index >= 15 is 0 Å². The molecule has 2 atom stereocenters. The van der Waals surface area contributed by atoms with Crippen LogP contribution in [0.25, 0.3) is 11.0 Å². The normalized spacial score (nSPS) is 25.6. The molecule has 0 saturated carbocycles. The van der Waals surface area contributed by atoms with Gasteiger partial charge >= 0.3 is 0 Å². The molecule has 2 heterocycles. The molecule has 2 unspecified atom stereocenters. The number of ether oxygens (including phenoxy) is 1. The van der Waals surface area contributed by atoms with Gasteiger partial charge in [-0.3, -0.25) is 0 Å². The Hall–Kier alpha value is -1.03. The summed E-state index contributed by atoms with van der Waals surface area (Å²) in [6.45, 7) is 2.63. The van der Waals surface area contributed by atoms with Gasteiger partial charge in [0.2, 0.25) is 0 Å². The first-order valence-corrected chi connectivity index (χ1v) is 6.98. The largest absolute Gasteiger partial charge is 0.457 e. The van der Waals surface area contributed by atoms with E-state index in [0.717, 1.165) is 24.6 Å². The van der Waals surface area contributed by atoms with Crippen molar-refractivity contribution in [3.63, 3.8) is 0 Å². The third kappa shape index (κ3) is 2.27. The highest BCUT2D eigenvalue weighted by Crippen LogP contribution is 2.39. The molecule has 1 N–H and O–H groups in total. The standard InChI is InChI=1S/C15H17ClO3/c1-15(7-2-3-8-18-15)14(17)12-9-10-5-4-6-11(16)13(10)19-12/h4-6,9,14,17H,2-3,7-8H2,1H3. The number of benzene rings is 1. The molecular formula is C15H17ClO3. The van der Waals surface area contributed by atoms with Crippen molar-refractivity contribution in [2.75, 3.05) is 6.61 Å². The summed E-state index contributed by atoms with van der Waals surface area (Å²) < 4.78 is 11.5. The number of aliphatic hydroxyl groups is 1. The van der Waals surface area contributed by atoms with Crippen LogP contribution >= 0.6 is 11.6 Å². The van der Waals surface area contributed by atoms with Crippen LogP contribution in [0.3, 0.4) is 0 Å². The molecule has 0 spiro atoms. The van der Waals surface area contributed by atoms with Gasteiger partial charge in [0.25, 0.3) is 0 Å². The lowest BCUT2D eigenvalue weighted by atomic mass is 9.89. The summed E-state index contributed by atoms with van der Waals surface area (Å²) in [5.41, 5.74) is 0.0520. The van der Waals surface area contributed by atoms with Crippen LogP contribution < -0.4 is 0 Å². The van der Waals surface area contributed by atoms with E-state index in [2.05, 4.69) is 0 Å². The van der Waals surface area contributed by atoms with Gasteiger partial charge < -0.3 is 14.3 Å². The number of para-hydroxylation sites is 1. The fourth-order valence-corrected chi connectivity index (χ4v) is 2.87. The van der Waals surface area contributed by atoms with Crippen LogP contribution in [0.2, 0.25) is 5.02 Å². The van der Waals surface area contributed by atoms with E-state index in [4.69, 9.17) is 20.8 Å². The van der Waals surface area contributed by atoms with Crippen molar-refractivity contribution in [2.45, 2.75) is 37.9 Å². The number of furan rings is 1. The van der Waals surface area contributed by atoms with E-state index in [-0.39, 0.29) is 0 Å². The van der Waals surface area contributed by atoms with Crippen molar-refractivity contribution in [1.29, 1.82) is 0 Å². The maximum atomic E-state index is 10.5. The summed E-state index contributed by atoms with van der Waals surface area (Å²) in [5.74, 6) is 0.521. The lowest BCUT2D eigenvalue weighted by Gasteiger charge is -2.36. The van der Waals surface area contributed by atoms with Crippen molar-refractivity contribution in [1.82, 2.24) is 0 Å². The molecule has 4 heteroatoms. The molecule has 3 rings (SSSR count). The fourth-order valence-electron chi connectivity index (χ4n) is 2.65. The Morgan fingerprint density at radius 3 is 2.89 bits per heavy atom. The van der Waals surface area contributed by atoms with Gasteiger partial charge in [-0.2, -0.15) is 0 Å². The Labute approximate surface area is 117 Å². The smallest absolute Gasteiger partial charge is 0.152 e. The lowest BCUT2D eigenvalue weighted by molar-refractivity contribution is -0.143. The zero-order chi connectivity index (χ0) is 13.5. The van der Waals surface area contributed by atoms with Gasteiger partial charge in [0, 0.05) is 12.0 Å². The predicted octanol–water partition coefficient (Wildman–Crippen LogP) is 4.08. The summed E-state index contributed by atoms with van der Waals surface area (Å²) in [4.78, 5) is 0. The molecule has 1 saturated heterocycles. The monoisotopic (exact) mass is 280 g/mol. The summed E-state index contributed by atoms with van der Waals surface area (Å²) in [5, 5.41) is 12.0. The number of hydrogen-bond donors (Lipinski definition) is 1. The van der Waals surface area contributed by atoms with Crippen LogP contribution in [-0.4, -0.2) is 17.3 Å². The van der Waals surface area contributed by atoms with E-state index in [1.165, 1.54) is 0 Å². The first-order chi connectivity index (χ1) is 9.10. The van der Waals surface area contributed by atoms with Gasteiger partial charge in [0.1, 0.15) is 11.9 Å². The van der Waals surface area contributed by atoms with Gasteiger partial charge in [-0.05, 0) is 38.3 Å². The topological polar surface area (TPSA) is 42.6 Å². The minimum atomic E-state index is -0.767. The molecule has 1 aliphatic heterocycles. The average molecular weight is 281 g/mol. The molecular weight excluding hydrogens is 264 g/mol. The minimum Gasteiger partial charge on any atom is -0.457 e. The maximum absolute atomic E-state index is 10.5. The van der Waals surface area contributed by atoms with Crippen molar-refractivity contribution in [3.05, 3.63) is 35.0 Å². The molecule has 0 amide bonds. The minimum absolute atomic E-state index is 0.521. The van der Waals surface area contributed by atoms with Crippen molar-refractivity contribution in [3.8, 4) is 0 Å². The fraction of sp³-hybridized carbons (Fsp3) is 0.467. The van der Waals surface area contributed by atoms with Gasteiger partial charge in [0.05, 0.1) is 10.6 Å². The van der Waals surface area contributed by atoms with Gasteiger partial charge in [-0.1, -0.05) is 23.7 Å². The Bertz CT molecular complexity index is 584. The Kier molecular flexibility index (Phi) is 3.29. The Morgan fingerprint density at radius 1 is 1.37 bits per heavy atom. The molecule has 3 nitrogen and oxygen atoms in total. The van der Waals surface area contributed by atoms with Crippen LogP contribution in [0, 0.1) is 0 Å². The predicted molar refractivity (Wildman–Crippen MR) is 74.4 cm³/mol. The first kappa shape index (κ1) is 13.0. The van der Waals surface area contributed by atoms with Crippen LogP contribution in [0.1, 0.15) is 38.1 Å². The summed E-state index contributed by atoms with van der Waals surface area (Å²) >= 11 is 6.09. The van der Waals surface area contributed by atoms with Crippen LogP contribution in [-0.2, 0) is 4.74 Å². The number of hydrogen-bond acceptors (Lipinski definition) is 3. The van der Waals surface area contributed by atoms with E-state index in [0.29, 0.717) is 23.0 Å². The first-order valence-electron chi connectivity index (χ1n) is 6.60. The second-order valence-corrected chi connectivity index (χ2v) is 5.73. The quantitative estimate of drug-likeness (QED) is 0.901. The van der Waals surface area contributed by atoms with Gasteiger partial charge in [-0.15, -0.1) is 0 Å². The zero-order valence-corrected chi connectivity index (χ0v) is 11.6. The average Bonchev–Trinajstić information content (AvgIpc) is 2.84. The zero-order valence-electron chi connectivity index (χ0n) is 10.9. The van der Waals surface area contributed by atoms with Crippen molar-refractivity contribution < 1.29 is 14.3 Å². The van der Waals surface area contributed by atoms with Crippen molar-refractivity contribution in [2.24, 2.45) is 0 Å². The number of halogens is 1. The van der Waals surface area contributed by atoms with Gasteiger partial charge in [-0.25, -0.2) is 0 Å². The molecule has 0 radical (unpaired) electrons. The highest BCUT2D eigenvalue weighted by molar-refractivity contribution is 6.34. The number of fused-ring (bicyclic) bond motifs is 1. The second-order valence-electron chi connectivity index (χ2n) is 5.33. The molecule has 1 aromatic heterocycles. The third-order valence-corrected chi connectivity index (χ3v) is 4.16. The summed E-state index contributed by atoms with van der Waals surface area (Å²) in [7, 11) is 0. The molecule has 1 aromatic carbocycles. The summed E-state index contributed by atoms with van der Waals surface area (Å²) in [6.07, 6.45) is 2.18. The van der Waals surface area contributed by atoms with Gasteiger partial charge in [0.15, 0.2) is 5.58 Å². The van der Waals surface area contributed by atoms with Crippen LogP contribution in [0.5, 0.6) is 0 Å². The Morgan fingerprint density at radius 2 is 2.21 bits per heavy atom. The molecule has 102 valence electrons. The highest BCUT2D eigenvalue weighted by atomic mass is 35.5. The molecule has 0 bridgehead atoms. The maximum Gasteiger partial charge on any atom is 0.152 e. The van der Waals surface area contributed by atoms with Crippen molar-refractivity contribution >= 4 is 22.6 Å². The second kappa shape index (κ2) is 4.82. The highest BCUT2D eigenvalue weighted by Gasteiger charge is 2.38. The lowest BCUT2D eigenvalue weighted by Crippen LogP contribution is -2.39. The number of rotatable bonds is 2. The molecule has 19 heavy (non-hydrogen) atoms. The molecule has 1 aliphatic rings. The Balaban J connectivity index is 1.97. The summed E-state index contributed by atoms with van der Waals surface area (Å²) in [6, 6.07) is 7.41. The number of aliphatic hydroxyl groups excluding tert-OH is 1. The SMILES string of the molecule is CC1(C(O)c2cc3cccc(Cl)c3o2)CCCCO1. The molecule has 2 aromatic rings. The third-order valence-electron chi connectivity index (χ3n) is 3.86. The van der Waals surface area contributed by atoms with E-state index in [1.54, 1.807) is 6.07 Å². The molecule has 1 fully saturated rings.